The average molecular weight is 391 g/mol. The van der Waals surface area contributed by atoms with Crippen LogP contribution in [0.3, 0.4) is 0 Å². The van der Waals surface area contributed by atoms with E-state index in [9.17, 15) is 23.9 Å². The number of nitrogens with one attached hydrogen (secondary N) is 2. The van der Waals surface area contributed by atoms with Crippen molar-refractivity contribution in [3.8, 4) is 5.75 Å². The first kappa shape index (κ1) is 18.4. The maximum atomic E-state index is 13.6. The Morgan fingerprint density at radius 2 is 1.59 bits per heavy atom. The van der Waals surface area contributed by atoms with E-state index in [4.69, 9.17) is 16.3 Å². The number of hydrogen-bond acceptors (Lipinski definition) is 6. The molecule has 0 aliphatic carbocycles. The van der Waals surface area contributed by atoms with E-state index in [1.807, 2.05) is 0 Å². The van der Waals surface area contributed by atoms with Gasteiger partial charge in [0.05, 0.1) is 23.5 Å². The van der Waals surface area contributed by atoms with E-state index in [2.05, 4.69) is 10.6 Å². The predicted octanol–water partition coefficient (Wildman–Crippen LogP) is 3.27. The van der Waals surface area contributed by atoms with Gasteiger partial charge < -0.3 is 20.5 Å². The van der Waals surface area contributed by atoms with Crippen LogP contribution in [0.5, 0.6) is 5.75 Å². The summed E-state index contributed by atoms with van der Waals surface area (Å²) in [5, 5.41) is 14.3. The molecular weight excluding hydrogens is 379 g/mol. The first-order valence-corrected chi connectivity index (χ1v) is 7.94. The summed E-state index contributed by atoms with van der Waals surface area (Å²) in [4.78, 5) is 35.2. The Labute approximate surface area is 156 Å². The SMILES string of the molecule is COc1c(Nc2c(Nc3cccc(F)c3Cl)c(=O)c2=O)cccc1C(=O)O. The van der Waals surface area contributed by atoms with Crippen LogP contribution in [0.25, 0.3) is 0 Å². The molecule has 0 heterocycles. The van der Waals surface area contributed by atoms with Gasteiger partial charge in [-0.25, -0.2) is 9.18 Å². The summed E-state index contributed by atoms with van der Waals surface area (Å²) in [6.07, 6.45) is 0. The van der Waals surface area contributed by atoms with Gasteiger partial charge in [0.25, 0.3) is 10.9 Å². The highest BCUT2D eigenvalue weighted by Gasteiger charge is 2.24. The van der Waals surface area contributed by atoms with Gasteiger partial charge in [-0.05, 0) is 24.3 Å². The summed E-state index contributed by atoms with van der Waals surface area (Å²) in [7, 11) is 1.28. The number of hydrogen-bond donors (Lipinski definition) is 3. The van der Waals surface area contributed by atoms with Crippen molar-refractivity contribution in [2.24, 2.45) is 0 Å². The van der Waals surface area contributed by atoms with Gasteiger partial charge >= 0.3 is 5.97 Å². The highest BCUT2D eigenvalue weighted by molar-refractivity contribution is 6.33. The van der Waals surface area contributed by atoms with Crippen molar-refractivity contribution in [2.45, 2.75) is 0 Å². The summed E-state index contributed by atoms with van der Waals surface area (Å²) in [5.74, 6) is -1.91. The number of anilines is 4. The fraction of sp³-hybridized carbons (Fsp3) is 0.0556. The first-order chi connectivity index (χ1) is 12.8. The van der Waals surface area contributed by atoms with Gasteiger partial charge in [-0.3, -0.25) is 9.59 Å². The molecule has 9 heteroatoms. The van der Waals surface area contributed by atoms with Crippen LogP contribution in [-0.2, 0) is 0 Å². The first-order valence-electron chi connectivity index (χ1n) is 7.56. The quantitative estimate of drug-likeness (QED) is 0.555. The van der Waals surface area contributed by atoms with E-state index < -0.39 is 22.6 Å². The molecule has 0 bridgehead atoms. The zero-order chi connectivity index (χ0) is 19.7. The second-order valence-corrected chi connectivity index (χ2v) is 5.83. The molecule has 0 unspecified atom stereocenters. The maximum absolute atomic E-state index is 13.6. The third-order valence-electron chi connectivity index (χ3n) is 3.83. The molecule has 3 N–H and O–H groups in total. The van der Waals surface area contributed by atoms with Crippen LogP contribution >= 0.6 is 11.6 Å². The molecule has 0 atom stereocenters. The minimum absolute atomic E-state index is 0.00668. The number of aromatic carboxylic acids is 1. The van der Waals surface area contributed by atoms with E-state index in [-0.39, 0.29) is 39.1 Å². The Bertz CT molecular complexity index is 1120. The lowest BCUT2D eigenvalue weighted by Crippen LogP contribution is -2.36. The van der Waals surface area contributed by atoms with Crippen molar-refractivity contribution < 1.29 is 19.0 Å². The van der Waals surface area contributed by atoms with E-state index in [1.165, 1.54) is 37.4 Å². The number of carboxylic acids is 1. The standard InChI is InChI=1S/C18H12ClFN2O5/c1-27-17-8(18(25)26)4-2-7-11(17)22-14-13(15(23)16(14)24)21-10-6-3-5-9(20)12(10)19/h2-7,21-22H,1H3,(H,25,26). The summed E-state index contributed by atoms with van der Waals surface area (Å²) < 4.78 is 18.7. The van der Waals surface area contributed by atoms with Crippen LogP contribution in [-0.4, -0.2) is 18.2 Å². The normalized spacial score (nSPS) is 10.6. The third-order valence-corrected chi connectivity index (χ3v) is 4.21. The maximum Gasteiger partial charge on any atom is 0.339 e. The summed E-state index contributed by atoms with van der Waals surface area (Å²) in [6, 6.07) is 8.26. The fourth-order valence-electron chi connectivity index (χ4n) is 2.52. The molecule has 0 aromatic heterocycles. The molecule has 0 aliphatic rings. The van der Waals surface area contributed by atoms with Crippen molar-refractivity contribution in [3.05, 3.63) is 73.2 Å². The van der Waals surface area contributed by atoms with Gasteiger partial charge in [0, 0.05) is 0 Å². The lowest BCUT2D eigenvalue weighted by Gasteiger charge is -2.18. The number of carboxylic acid groups (broad SMARTS) is 1. The monoisotopic (exact) mass is 390 g/mol. The number of benzene rings is 2. The Hall–Kier alpha value is -3.39. The van der Waals surface area contributed by atoms with E-state index in [0.717, 1.165) is 6.07 Å². The molecule has 0 saturated carbocycles. The van der Waals surface area contributed by atoms with Gasteiger partial charge in [-0.2, -0.15) is 0 Å². The van der Waals surface area contributed by atoms with E-state index >= 15 is 0 Å². The van der Waals surface area contributed by atoms with Crippen molar-refractivity contribution >= 4 is 40.3 Å². The number of halogens is 2. The number of para-hydroxylation sites is 1. The lowest BCUT2D eigenvalue weighted by atomic mass is 10.1. The molecule has 7 nitrogen and oxygen atoms in total. The molecule has 27 heavy (non-hydrogen) atoms. The van der Waals surface area contributed by atoms with Gasteiger partial charge in [0.1, 0.15) is 22.8 Å². The van der Waals surface area contributed by atoms with Crippen LogP contribution in [0, 0.1) is 5.82 Å². The zero-order valence-electron chi connectivity index (χ0n) is 13.8. The zero-order valence-corrected chi connectivity index (χ0v) is 14.6. The Morgan fingerprint density at radius 1 is 1.04 bits per heavy atom. The molecule has 0 radical (unpaired) electrons. The molecule has 3 rings (SSSR count). The molecule has 0 fully saturated rings. The Balaban J connectivity index is 1.99. The van der Waals surface area contributed by atoms with Crippen LogP contribution < -0.4 is 26.2 Å². The van der Waals surface area contributed by atoms with Crippen LogP contribution in [0.2, 0.25) is 5.02 Å². The Morgan fingerprint density at radius 3 is 2.19 bits per heavy atom. The average Bonchev–Trinajstić information content (AvgIpc) is 2.66. The molecular formula is C18H12ClFN2O5. The Kier molecular flexibility index (Phi) is 4.83. The fourth-order valence-corrected chi connectivity index (χ4v) is 2.70. The predicted molar refractivity (Wildman–Crippen MR) is 99.3 cm³/mol. The number of methoxy groups -OCH3 is 1. The number of ether oxygens (including phenoxy) is 1. The highest BCUT2D eigenvalue weighted by Crippen LogP contribution is 2.34. The largest absolute Gasteiger partial charge is 0.494 e. The minimum atomic E-state index is -1.22. The van der Waals surface area contributed by atoms with Crippen LogP contribution in [0.15, 0.2) is 46.0 Å². The van der Waals surface area contributed by atoms with Gasteiger partial charge in [-0.1, -0.05) is 23.7 Å². The molecule has 0 saturated heterocycles. The highest BCUT2D eigenvalue weighted by atomic mass is 35.5. The minimum Gasteiger partial charge on any atom is -0.494 e. The van der Waals surface area contributed by atoms with Crippen molar-refractivity contribution in [1.82, 2.24) is 0 Å². The van der Waals surface area contributed by atoms with Crippen molar-refractivity contribution in [1.29, 1.82) is 0 Å². The molecule has 138 valence electrons. The smallest absolute Gasteiger partial charge is 0.339 e. The topological polar surface area (TPSA) is 105 Å². The van der Waals surface area contributed by atoms with Crippen LogP contribution in [0.1, 0.15) is 10.4 Å². The van der Waals surface area contributed by atoms with E-state index in [0.29, 0.717) is 0 Å². The summed E-state index contributed by atoms with van der Waals surface area (Å²) >= 11 is 5.85. The van der Waals surface area contributed by atoms with Crippen LogP contribution in [0.4, 0.5) is 27.1 Å². The number of rotatable bonds is 6. The summed E-state index contributed by atoms with van der Waals surface area (Å²) in [5.41, 5.74) is -1.68. The van der Waals surface area contributed by atoms with E-state index in [1.54, 1.807) is 0 Å². The van der Waals surface area contributed by atoms with Crippen molar-refractivity contribution in [3.63, 3.8) is 0 Å². The third kappa shape index (κ3) is 3.22. The van der Waals surface area contributed by atoms with Gasteiger partial charge in [-0.15, -0.1) is 0 Å². The molecule has 0 amide bonds. The molecule has 0 spiro atoms. The molecule has 3 aromatic rings. The second kappa shape index (κ2) is 7.08. The van der Waals surface area contributed by atoms with Crippen molar-refractivity contribution in [2.75, 3.05) is 17.7 Å². The van der Waals surface area contributed by atoms with Gasteiger partial charge in [0.2, 0.25) is 0 Å². The number of carbonyl (C=O) groups is 1. The second-order valence-electron chi connectivity index (χ2n) is 5.45. The lowest BCUT2D eigenvalue weighted by molar-refractivity contribution is 0.0693. The molecule has 3 aromatic carbocycles. The summed E-state index contributed by atoms with van der Waals surface area (Å²) in [6.45, 7) is 0. The molecule has 0 aliphatic heterocycles. The van der Waals surface area contributed by atoms with Gasteiger partial charge in [0.15, 0.2) is 5.75 Å².